The maximum atomic E-state index is 12.0. The largest absolute Gasteiger partial charge is 0.404 e. The molecule has 2 aromatic rings. The first-order chi connectivity index (χ1) is 11.7. The second-order valence-electron chi connectivity index (χ2n) is 4.91. The molecule has 0 unspecified atom stereocenters. The Labute approximate surface area is 139 Å². The van der Waals surface area contributed by atoms with Crippen LogP contribution in [-0.4, -0.2) is 22.2 Å². The molecule has 1 amide bonds. The third-order valence-electron chi connectivity index (χ3n) is 3.29. The molecule has 6 heteroatoms. The number of allylic oxidation sites excluding steroid dienone is 1. The predicted octanol–water partition coefficient (Wildman–Crippen LogP) is 2.17. The van der Waals surface area contributed by atoms with Gasteiger partial charge in [-0.2, -0.15) is 0 Å². The Balaban J connectivity index is 2.16. The molecule has 1 aromatic carbocycles. The highest BCUT2D eigenvalue weighted by Gasteiger charge is 2.04. The van der Waals surface area contributed by atoms with Crippen LogP contribution < -0.4 is 11.1 Å². The summed E-state index contributed by atoms with van der Waals surface area (Å²) in [4.78, 5) is 16.1. The van der Waals surface area contributed by atoms with Crippen molar-refractivity contribution in [1.29, 1.82) is 5.41 Å². The second-order valence-corrected chi connectivity index (χ2v) is 4.91. The van der Waals surface area contributed by atoms with Crippen LogP contribution >= 0.6 is 0 Å². The van der Waals surface area contributed by atoms with E-state index in [1.54, 1.807) is 48.8 Å². The molecule has 0 spiro atoms. The number of carbonyl (C=O) groups excluding carboxylic acids is 1. The smallest absolute Gasteiger partial charge is 0.248 e. The first kappa shape index (κ1) is 17.1. The van der Waals surface area contributed by atoms with Gasteiger partial charge in [0.2, 0.25) is 5.91 Å². The lowest BCUT2D eigenvalue weighted by Gasteiger charge is -2.06. The highest BCUT2D eigenvalue weighted by Crippen LogP contribution is 2.17. The van der Waals surface area contributed by atoms with Crippen molar-refractivity contribution in [2.24, 2.45) is 5.73 Å². The van der Waals surface area contributed by atoms with Crippen LogP contribution in [0.25, 0.3) is 11.6 Å². The van der Waals surface area contributed by atoms with Gasteiger partial charge in [-0.15, -0.1) is 0 Å². The minimum absolute atomic E-state index is 0.0869. The van der Waals surface area contributed by atoms with Crippen molar-refractivity contribution >= 4 is 29.5 Å². The van der Waals surface area contributed by atoms with Crippen molar-refractivity contribution in [1.82, 2.24) is 4.98 Å². The lowest BCUT2D eigenvalue weighted by atomic mass is 10.0. The molecule has 0 saturated heterocycles. The zero-order valence-electron chi connectivity index (χ0n) is 12.9. The average Bonchev–Trinajstić information content (AvgIpc) is 2.62. The van der Waals surface area contributed by atoms with Crippen LogP contribution in [0, 0.1) is 5.41 Å². The fourth-order valence-electron chi connectivity index (χ4n) is 2.11. The van der Waals surface area contributed by atoms with Gasteiger partial charge >= 0.3 is 0 Å². The average molecular weight is 322 g/mol. The van der Waals surface area contributed by atoms with Crippen LogP contribution in [0.1, 0.15) is 16.7 Å². The van der Waals surface area contributed by atoms with E-state index in [4.69, 9.17) is 16.2 Å². The fourth-order valence-corrected chi connectivity index (χ4v) is 2.11. The van der Waals surface area contributed by atoms with E-state index in [2.05, 4.69) is 10.3 Å². The molecule has 1 heterocycles. The number of aromatic nitrogens is 1. The van der Waals surface area contributed by atoms with Crippen LogP contribution in [-0.2, 0) is 11.4 Å². The number of pyridine rings is 1. The Hall–Kier alpha value is -3.25. The number of aliphatic hydroxyl groups excluding tert-OH is 1. The first-order valence-electron chi connectivity index (χ1n) is 7.23. The lowest BCUT2D eigenvalue weighted by Crippen LogP contribution is -2.08. The predicted molar refractivity (Wildman–Crippen MR) is 95.2 cm³/mol. The number of aliphatic hydroxyl groups is 1. The van der Waals surface area contributed by atoms with E-state index in [1.807, 2.05) is 0 Å². The number of rotatable bonds is 6. The molecule has 2 rings (SSSR count). The molecule has 0 aliphatic carbocycles. The van der Waals surface area contributed by atoms with Crippen LogP contribution in [0.5, 0.6) is 0 Å². The number of benzene rings is 1. The summed E-state index contributed by atoms with van der Waals surface area (Å²) < 4.78 is 0. The second kappa shape index (κ2) is 8.40. The van der Waals surface area contributed by atoms with Crippen LogP contribution in [0.15, 0.2) is 55.0 Å². The van der Waals surface area contributed by atoms with Crippen molar-refractivity contribution in [3.63, 3.8) is 0 Å². The van der Waals surface area contributed by atoms with E-state index >= 15 is 0 Å². The Morgan fingerprint density at radius 3 is 2.92 bits per heavy atom. The molecular formula is C18H18N4O2. The first-order valence-corrected chi connectivity index (χ1v) is 7.23. The van der Waals surface area contributed by atoms with Crippen LogP contribution in [0.3, 0.4) is 0 Å². The number of carbonyl (C=O) groups is 1. The number of hydrogen-bond acceptors (Lipinski definition) is 5. The third-order valence-corrected chi connectivity index (χ3v) is 3.29. The standard InChI is InChI=1S/C18H18N4O2/c19-9-15(10-20)17-6-7-21-11-14(17)4-5-18(24)22-16-3-1-2-13(8-16)12-23/h1-11,19,23H,12,20H2,(H,22,24)/b5-4+,15-10?,19-9?. The topological polar surface area (TPSA) is 112 Å². The number of nitrogens with one attached hydrogen (secondary N) is 2. The number of hydrogen-bond donors (Lipinski definition) is 4. The highest BCUT2D eigenvalue weighted by atomic mass is 16.3. The monoisotopic (exact) mass is 322 g/mol. The van der Waals surface area contributed by atoms with Gasteiger partial charge in [-0.1, -0.05) is 12.1 Å². The molecule has 6 nitrogen and oxygen atoms in total. The minimum atomic E-state index is -0.312. The van der Waals surface area contributed by atoms with Gasteiger partial charge in [0.25, 0.3) is 0 Å². The molecule has 122 valence electrons. The molecule has 0 aliphatic rings. The molecule has 0 fully saturated rings. The van der Waals surface area contributed by atoms with E-state index in [0.29, 0.717) is 22.4 Å². The third kappa shape index (κ3) is 4.37. The van der Waals surface area contributed by atoms with Gasteiger partial charge in [0.05, 0.1) is 6.61 Å². The Kier molecular flexibility index (Phi) is 5.99. The molecule has 0 saturated carbocycles. The minimum Gasteiger partial charge on any atom is -0.404 e. The summed E-state index contributed by atoms with van der Waals surface area (Å²) in [7, 11) is 0. The zero-order chi connectivity index (χ0) is 17.4. The van der Waals surface area contributed by atoms with E-state index < -0.39 is 0 Å². The summed E-state index contributed by atoms with van der Waals surface area (Å²) in [6.07, 6.45) is 8.66. The molecule has 0 atom stereocenters. The molecule has 24 heavy (non-hydrogen) atoms. The maximum Gasteiger partial charge on any atom is 0.248 e. The fraction of sp³-hybridized carbons (Fsp3) is 0.0556. The van der Waals surface area contributed by atoms with E-state index in [0.717, 1.165) is 11.8 Å². The van der Waals surface area contributed by atoms with Crippen molar-refractivity contribution in [2.45, 2.75) is 6.61 Å². The summed E-state index contributed by atoms with van der Waals surface area (Å²) in [5.74, 6) is -0.312. The Morgan fingerprint density at radius 2 is 2.21 bits per heavy atom. The number of amides is 1. The van der Waals surface area contributed by atoms with Crippen molar-refractivity contribution < 1.29 is 9.90 Å². The molecule has 0 radical (unpaired) electrons. The number of nitrogens with zero attached hydrogens (tertiary/aromatic N) is 1. The summed E-state index contributed by atoms with van der Waals surface area (Å²) in [6.45, 7) is -0.0869. The Morgan fingerprint density at radius 1 is 1.38 bits per heavy atom. The summed E-state index contributed by atoms with van der Waals surface area (Å²) in [5, 5.41) is 19.2. The molecule has 5 N–H and O–H groups in total. The van der Waals surface area contributed by atoms with Gasteiger partial charge in [-0.3, -0.25) is 9.78 Å². The summed E-state index contributed by atoms with van der Waals surface area (Å²) in [5.41, 5.74) is 8.76. The highest BCUT2D eigenvalue weighted by molar-refractivity contribution is 6.10. The van der Waals surface area contributed by atoms with Gasteiger partial charge in [0.15, 0.2) is 0 Å². The summed E-state index contributed by atoms with van der Waals surface area (Å²) >= 11 is 0. The van der Waals surface area contributed by atoms with Crippen LogP contribution in [0.2, 0.25) is 0 Å². The zero-order valence-corrected chi connectivity index (χ0v) is 12.9. The SMILES string of the molecule is N=CC(=CN)c1ccncc1/C=C/C(=O)Nc1cccc(CO)c1. The maximum absolute atomic E-state index is 12.0. The van der Waals surface area contributed by atoms with Gasteiger partial charge in [0, 0.05) is 47.7 Å². The lowest BCUT2D eigenvalue weighted by molar-refractivity contribution is -0.111. The van der Waals surface area contributed by atoms with Crippen molar-refractivity contribution in [3.05, 3.63) is 71.7 Å². The number of nitrogens with two attached hydrogens (primary N) is 1. The van der Waals surface area contributed by atoms with E-state index in [-0.39, 0.29) is 12.5 Å². The quantitative estimate of drug-likeness (QED) is 0.482. The van der Waals surface area contributed by atoms with E-state index in [1.165, 1.54) is 12.3 Å². The van der Waals surface area contributed by atoms with Gasteiger partial charge in [-0.05, 0) is 35.4 Å². The van der Waals surface area contributed by atoms with Gasteiger partial charge < -0.3 is 21.6 Å². The molecular weight excluding hydrogens is 304 g/mol. The van der Waals surface area contributed by atoms with Crippen molar-refractivity contribution in [2.75, 3.05) is 5.32 Å². The molecule has 0 aliphatic heterocycles. The Bertz CT molecular complexity index is 797. The summed E-state index contributed by atoms with van der Waals surface area (Å²) in [6, 6.07) is 8.69. The van der Waals surface area contributed by atoms with Crippen LogP contribution in [0.4, 0.5) is 5.69 Å². The van der Waals surface area contributed by atoms with Gasteiger partial charge in [0.1, 0.15) is 0 Å². The molecule has 1 aromatic heterocycles. The number of anilines is 1. The molecule has 0 bridgehead atoms. The normalized spacial score (nSPS) is 11.5. The van der Waals surface area contributed by atoms with Gasteiger partial charge in [-0.25, -0.2) is 0 Å². The van der Waals surface area contributed by atoms with E-state index in [9.17, 15) is 4.79 Å². The van der Waals surface area contributed by atoms with Crippen molar-refractivity contribution in [3.8, 4) is 0 Å².